The van der Waals surface area contributed by atoms with Crippen LogP contribution in [-0.2, 0) is 6.42 Å². The monoisotopic (exact) mass is 384 g/mol. The first-order valence-electron chi connectivity index (χ1n) is 9.66. The van der Waals surface area contributed by atoms with E-state index in [1.807, 2.05) is 30.3 Å². The van der Waals surface area contributed by atoms with E-state index in [0.29, 0.717) is 25.3 Å². The Labute approximate surface area is 166 Å². The molecule has 1 heterocycles. The fourth-order valence-corrected chi connectivity index (χ4v) is 2.91. The average Bonchev–Trinajstić information content (AvgIpc) is 2.68. The molecule has 1 amide bonds. The minimum Gasteiger partial charge on any atom is -0.426 e. The first kappa shape index (κ1) is 22.0. The van der Waals surface area contributed by atoms with E-state index in [2.05, 4.69) is 34.4 Å². The Hall–Kier alpha value is -2.29. The molecule has 1 aromatic heterocycles. The molecule has 2 atom stereocenters. The molecule has 0 radical (unpaired) electrons. The number of aromatic nitrogens is 2. The summed E-state index contributed by atoms with van der Waals surface area (Å²) in [7, 11) is -1.45. The highest BCUT2D eigenvalue weighted by Crippen LogP contribution is 2.09. The van der Waals surface area contributed by atoms with Gasteiger partial charge in [-0.3, -0.25) is 9.78 Å². The third-order valence-electron chi connectivity index (χ3n) is 4.50. The lowest BCUT2D eigenvalue weighted by Crippen LogP contribution is -2.51. The van der Waals surface area contributed by atoms with Crippen LogP contribution in [0.15, 0.2) is 48.9 Å². The molecule has 0 unspecified atom stereocenters. The number of benzene rings is 1. The molecule has 0 saturated carbocycles. The molecular weight excluding hydrogens is 355 g/mol. The van der Waals surface area contributed by atoms with Crippen molar-refractivity contribution >= 4 is 13.0 Å². The maximum Gasteiger partial charge on any atom is 0.469 e. The summed E-state index contributed by atoms with van der Waals surface area (Å²) in [6.07, 6.45) is 6.55. The predicted octanol–water partition coefficient (Wildman–Crippen LogP) is 1.22. The van der Waals surface area contributed by atoms with E-state index in [9.17, 15) is 14.8 Å². The zero-order valence-electron chi connectivity index (χ0n) is 16.5. The fourth-order valence-electron chi connectivity index (χ4n) is 2.91. The van der Waals surface area contributed by atoms with Crippen LogP contribution in [0.25, 0.3) is 0 Å². The van der Waals surface area contributed by atoms with Crippen LogP contribution in [0.1, 0.15) is 42.7 Å². The van der Waals surface area contributed by atoms with Gasteiger partial charge in [-0.1, -0.05) is 44.2 Å². The molecule has 2 rings (SSSR count). The van der Waals surface area contributed by atoms with E-state index in [0.717, 1.165) is 12.0 Å². The molecule has 150 valence electrons. The first-order chi connectivity index (χ1) is 13.5. The number of amides is 1. The fraction of sp³-hybridized carbons (Fsp3) is 0.450. The Balaban J connectivity index is 2.03. The summed E-state index contributed by atoms with van der Waals surface area (Å²) in [5.41, 5.74) is 1.33. The lowest BCUT2D eigenvalue weighted by molar-refractivity contribution is 0.0930. The molecule has 28 heavy (non-hydrogen) atoms. The van der Waals surface area contributed by atoms with Crippen LogP contribution in [0.5, 0.6) is 0 Å². The molecule has 0 spiro atoms. The van der Waals surface area contributed by atoms with Crippen molar-refractivity contribution in [2.75, 3.05) is 6.54 Å². The van der Waals surface area contributed by atoms with Gasteiger partial charge in [-0.15, -0.1) is 0 Å². The minimum absolute atomic E-state index is 0.239. The van der Waals surface area contributed by atoms with Crippen LogP contribution in [0.4, 0.5) is 0 Å². The van der Waals surface area contributed by atoms with E-state index in [1.165, 1.54) is 18.6 Å². The third-order valence-corrected chi connectivity index (χ3v) is 4.50. The predicted molar refractivity (Wildman–Crippen MR) is 109 cm³/mol. The number of carbonyl (C=O) groups is 1. The Morgan fingerprint density at radius 2 is 1.89 bits per heavy atom. The zero-order valence-corrected chi connectivity index (χ0v) is 16.5. The minimum atomic E-state index is -1.45. The van der Waals surface area contributed by atoms with E-state index < -0.39 is 13.1 Å². The van der Waals surface area contributed by atoms with Crippen LogP contribution in [0.3, 0.4) is 0 Å². The Morgan fingerprint density at radius 1 is 1.14 bits per heavy atom. The van der Waals surface area contributed by atoms with Gasteiger partial charge in [-0.05, 0) is 30.7 Å². The Morgan fingerprint density at radius 3 is 2.50 bits per heavy atom. The van der Waals surface area contributed by atoms with Gasteiger partial charge in [0.2, 0.25) is 0 Å². The van der Waals surface area contributed by atoms with Crippen molar-refractivity contribution in [1.82, 2.24) is 20.6 Å². The van der Waals surface area contributed by atoms with Gasteiger partial charge in [0.15, 0.2) is 0 Å². The van der Waals surface area contributed by atoms with Gasteiger partial charge in [0.05, 0.1) is 6.20 Å². The molecule has 0 fully saturated rings. The second kappa shape index (κ2) is 11.5. The van der Waals surface area contributed by atoms with Gasteiger partial charge in [0, 0.05) is 30.9 Å². The number of carbonyl (C=O) groups excluding carboxylic acids is 1. The number of rotatable bonds is 11. The summed E-state index contributed by atoms with van der Waals surface area (Å²) in [5.74, 6) is -0.285. The van der Waals surface area contributed by atoms with E-state index in [1.54, 1.807) is 0 Å². The van der Waals surface area contributed by atoms with Gasteiger partial charge in [0.1, 0.15) is 5.69 Å². The van der Waals surface area contributed by atoms with Crippen molar-refractivity contribution in [2.45, 2.75) is 45.1 Å². The summed E-state index contributed by atoms with van der Waals surface area (Å²) >= 11 is 0. The molecular formula is C20H29BN4O3. The van der Waals surface area contributed by atoms with Crippen LogP contribution < -0.4 is 10.6 Å². The molecule has 2 aromatic rings. The SMILES string of the molecule is CC(C)CC[C@H](NC[C@H](Cc1ccccc1)NC(=O)c1cnccn1)B(O)O. The largest absolute Gasteiger partial charge is 0.469 e. The molecule has 0 aliphatic heterocycles. The van der Waals surface area contributed by atoms with Crippen molar-refractivity contribution in [3.8, 4) is 0 Å². The van der Waals surface area contributed by atoms with Crippen molar-refractivity contribution < 1.29 is 14.8 Å². The highest BCUT2D eigenvalue weighted by atomic mass is 16.4. The van der Waals surface area contributed by atoms with Crippen molar-refractivity contribution in [3.63, 3.8) is 0 Å². The summed E-state index contributed by atoms with van der Waals surface area (Å²) in [4.78, 5) is 20.5. The van der Waals surface area contributed by atoms with Gasteiger partial charge >= 0.3 is 7.12 Å². The van der Waals surface area contributed by atoms with Crippen molar-refractivity contribution in [3.05, 3.63) is 60.2 Å². The number of nitrogens with one attached hydrogen (secondary N) is 2. The summed E-state index contributed by atoms with van der Waals surface area (Å²) in [5, 5.41) is 25.5. The molecule has 7 nitrogen and oxygen atoms in total. The Kier molecular flexibility index (Phi) is 9.07. The topological polar surface area (TPSA) is 107 Å². The molecule has 1 aromatic carbocycles. The first-order valence-corrected chi connectivity index (χ1v) is 9.66. The highest BCUT2D eigenvalue weighted by molar-refractivity contribution is 6.43. The Bertz CT molecular complexity index is 701. The van der Waals surface area contributed by atoms with Gasteiger partial charge in [-0.2, -0.15) is 0 Å². The molecule has 0 aliphatic rings. The van der Waals surface area contributed by atoms with E-state index in [-0.39, 0.29) is 17.6 Å². The quantitative estimate of drug-likeness (QED) is 0.434. The smallest absolute Gasteiger partial charge is 0.426 e. The van der Waals surface area contributed by atoms with E-state index in [4.69, 9.17) is 0 Å². The van der Waals surface area contributed by atoms with Crippen LogP contribution in [0.2, 0.25) is 0 Å². The standard InChI is InChI=1S/C20H29BN4O3/c1-15(2)8-9-19(21(27)28)24-13-17(12-16-6-4-3-5-7-16)25-20(26)18-14-22-10-11-23-18/h3-7,10-11,14-15,17,19,24,27-28H,8-9,12-13H2,1-2H3,(H,25,26)/t17-,19-/m0/s1. The number of nitrogens with zero attached hydrogens (tertiary/aromatic N) is 2. The van der Waals surface area contributed by atoms with Crippen LogP contribution in [0, 0.1) is 5.92 Å². The van der Waals surface area contributed by atoms with Gasteiger partial charge in [-0.25, -0.2) is 4.98 Å². The summed E-state index contributed by atoms with van der Waals surface area (Å²) < 4.78 is 0. The summed E-state index contributed by atoms with van der Waals surface area (Å²) in [6, 6.07) is 9.61. The maximum atomic E-state index is 12.5. The molecule has 0 aliphatic carbocycles. The second-order valence-corrected chi connectivity index (χ2v) is 7.35. The maximum absolute atomic E-state index is 12.5. The average molecular weight is 384 g/mol. The lowest BCUT2D eigenvalue weighted by atomic mass is 9.75. The molecule has 0 saturated heterocycles. The molecule has 4 N–H and O–H groups in total. The van der Waals surface area contributed by atoms with Crippen LogP contribution in [-0.4, -0.2) is 51.6 Å². The van der Waals surface area contributed by atoms with Crippen molar-refractivity contribution in [2.24, 2.45) is 5.92 Å². The zero-order chi connectivity index (χ0) is 20.4. The van der Waals surface area contributed by atoms with Gasteiger partial charge < -0.3 is 20.7 Å². The number of hydrogen-bond acceptors (Lipinski definition) is 6. The number of hydrogen-bond donors (Lipinski definition) is 4. The normalized spacial score (nSPS) is 13.2. The van der Waals surface area contributed by atoms with Crippen molar-refractivity contribution in [1.29, 1.82) is 0 Å². The second-order valence-electron chi connectivity index (χ2n) is 7.35. The molecule has 8 heteroatoms. The summed E-state index contributed by atoms with van der Waals surface area (Å²) in [6.45, 7) is 4.60. The van der Waals surface area contributed by atoms with Gasteiger partial charge in [0.25, 0.3) is 5.91 Å². The third kappa shape index (κ3) is 7.76. The highest BCUT2D eigenvalue weighted by Gasteiger charge is 2.25. The molecule has 0 bridgehead atoms. The lowest BCUT2D eigenvalue weighted by Gasteiger charge is -2.24. The van der Waals surface area contributed by atoms with Crippen LogP contribution >= 0.6 is 0 Å². The van der Waals surface area contributed by atoms with E-state index >= 15 is 0 Å².